The predicted octanol–water partition coefficient (Wildman–Crippen LogP) is 5.63. The van der Waals surface area contributed by atoms with Gasteiger partial charge in [0.15, 0.2) is 11.0 Å². The maximum atomic E-state index is 6.35. The minimum atomic E-state index is 0.524. The molecule has 0 radical (unpaired) electrons. The molecule has 4 rings (SSSR count). The average Bonchev–Trinajstić information content (AvgIpc) is 3.01. The Labute approximate surface area is 165 Å². The van der Waals surface area contributed by atoms with E-state index in [0.717, 1.165) is 33.0 Å². The number of para-hydroxylation sites is 1. The van der Waals surface area contributed by atoms with E-state index in [1.54, 1.807) is 11.8 Å². The van der Waals surface area contributed by atoms with Crippen molar-refractivity contribution >= 4 is 45.9 Å². The molecule has 0 amide bonds. The molecule has 0 aliphatic heterocycles. The summed E-state index contributed by atoms with van der Waals surface area (Å²) in [5.74, 6) is 1.47. The SMILES string of the molecule is Cn1c(SCc2cc3ccccc3nc2Cl)nnc1-c1ccc(Cl)cc1. The first-order chi connectivity index (χ1) is 12.6. The summed E-state index contributed by atoms with van der Waals surface area (Å²) in [6.45, 7) is 0. The third-order valence-corrected chi connectivity index (χ3v) is 5.69. The Morgan fingerprint density at radius 1 is 1.00 bits per heavy atom. The van der Waals surface area contributed by atoms with Gasteiger partial charge in [0.25, 0.3) is 0 Å². The summed E-state index contributed by atoms with van der Waals surface area (Å²) < 4.78 is 1.97. The minimum Gasteiger partial charge on any atom is -0.305 e. The molecule has 0 fully saturated rings. The highest BCUT2D eigenvalue weighted by Crippen LogP contribution is 2.29. The van der Waals surface area contributed by atoms with E-state index in [4.69, 9.17) is 23.2 Å². The molecule has 0 saturated carbocycles. The van der Waals surface area contributed by atoms with Crippen molar-refractivity contribution < 1.29 is 0 Å². The van der Waals surface area contributed by atoms with Gasteiger partial charge in [-0.05, 0) is 36.4 Å². The zero-order chi connectivity index (χ0) is 18.1. The van der Waals surface area contributed by atoms with Crippen LogP contribution in [0.3, 0.4) is 0 Å². The van der Waals surface area contributed by atoms with Gasteiger partial charge in [0.1, 0.15) is 5.15 Å². The number of halogens is 2. The lowest BCUT2D eigenvalue weighted by Crippen LogP contribution is -1.95. The maximum Gasteiger partial charge on any atom is 0.191 e. The summed E-state index contributed by atoms with van der Waals surface area (Å²) >= 11 is 13.9. The molecule has 2 heterocycles. The van der Waals surface area contributed by atoms with Gasteiger partial charge < -0.3 is 4.57 Å². The zero-order valence-corrected chi connectivity index (χ0v) is 16.2. The van der Waals surface area contributed by atoms with Crippen LogP contribution in [0.5, 0.6) is 0 Å². The molecule has 0 aliphatic rings. The molecular weight excluding hydrogens is 387 g/mol. The number of benzene rings is 2. The van der Waals surface area contributed by atoms with E-state index in [0.29, 0.717) is 15.9 Å². The normalized spacial score (nSPS) is 11.2. The van der Waals surface area contributed by atoms with Crippen molar-refractivity contribution in [2.75, 3.05) is 0 Å². The molecule has 0 unspecified atom stereocenters. The monoisotopic (exact) mass is 400 g/mol. The van der Waals surface area contributed by atoms with E-state index in [1.807, 2.05) is 60.1 Å². The fraction of sp³-hybridized carbons (Fsp3) is 0.105. The Hall–Kier alpha value is -2.08. The van der Waals surface area contributed by atoms with Crippen LogP contribution in [0.2, 0.25) is 10.2 Å². The van der Waals surface area contributed by atoms with E-state index in [2.05, 4.69) is 21.2 Å². The number of hydrogen-bond donors (Lipinski definition) is 0. The predicted molar refractivity (Wildman–Crippen MR) is 108 cm³/mol. The first kappa shape index (κ1) is 17.3. The van der Waals surface area contributed by atoms with Crippen LogP contribution in [0, 0.1) is 0 Å². The fourth-order valence-corrected chi connectivity index (χ4v) is 3.97. The molecule has 0 aliphatic carbocycles. The number of aromatic nitrogens is 4. The molecule has 4 nitrogen and oxygen atoms in total. The van der Waals surface area contributed by atoms with Gasteiger partial charge in [0.2, 0.25) is 0 Å². The second-order valence-corrected chi connectivity index (χ2v) is 7.53. The van der Waals surface area contributed by atoms with E-state index in [1.165, 1.54) is 0 Å². The average molecular weight is 401 g/mol. The highest BCUT2D eigenvalue weighted by Gasteiger charge is 2.13. The van der Waals surface area contributed by atoms with Crippen LogP contribution < -0.4 is 0 Å². The van der Waals surface area contributed by atoms with Crippen molar-refractivity contribution in [2.24, 2.45) is 7.05 Å². The largest absolute Gasteiger partial charge is 0.305 e. The Balaban J connectivity index is 1.57. The molecule has 0 bridgehead atoms. The van der Waals surface area contributed by atoms with Crippen LogP contribution >= 0.6 is 35.0 Å². The van der Waals surface area contributed by atoms with Gasteiger partial charge in [-0.2, -0.15) is 0 Å². The number of rotatable bonds is 4. The number of hydrogen-bond acceptors (Lipinski definition) is 4. The van der Waals surface area contributed by atoms with Crippen LogP contribution in [0.1, 0.15) is 5.56 Å². The Morgan fingerprint density at radius 2 is 1.77 bits per heavy atom. The van der Waals surface area contributed by atoms with Gasteiger partial charge in [-0.3, -0.25) is 0 Å². The zero-order valence-electron chi connectivity index (χ0n) is 13.9. The quantitative estimate of drug-likeness (QED) is 0.328. The summed E-state index contributed by atoms with van der Waals surface area (Å²) in [5.41, 5.74) is 2.85. The lowest BCUT2D eigenvalue weighted by molar-refractivity contribution is 0.794. The third kappa shape index (κ3) is 3.43. The molecule has 0 spiro atoms. The Bertz CT molecular complexity index is 1080. The molecule has 0 atom stereocenters. The highest BCUT2D eigenvalue weighted by molar-refractivity contribution is 7.98. The standard InChI is InChI=1S/C19H14Cl2N4S/c1-25-18(12-6-8-15(20)9-7-12)23-24-19(25)26-11-14-10-13-4-2-3-5-16(13)22-17(14)21/h2-10H,11H2,1H3. The second-order valence-electron chi connectivity index (χ2n) is 5.79. The van der Waals surface area contributed by atoms with Crippen molar-refractivity contribution in [3.05, 3.63) is 70.3 Å². The van der Waals surface area contributed by atoms with Crippen molar-refractivity contribution in [3.8, 4) is 11.4 Å². The topological polar surface area (TPSA) is 43.6 Å². The fourth-order valence-electron chi connectivity index (χ4n) is 2.67. The van der Waals surface area contributed by atoms with Crippen LogP contribution in [-0.4, -0.2) is 19.7 Å². The van der Waals surface area contributed by atoms with E-state index < -0.39 is 0 Å². The van der Waals surface area contributed by atoms with Gasteiger partial charge in [0.05, 0.1) is 5.52 Å². The molecule has 4 aromatic rings. The maximum absolute atomic E-state index is 6.35. The smallest absolute Gasteiger partial charge is 0.191 e. The third-order valence-electron chi connectivity index (χ3n) is 4.04. The van der Waals surface area contributed by atoms with Crippen LogP contribution in [0.15, 0.2) is 59.8 Å². The molecule has 2 aromatic carbocycles. The lowest BCUT2D eigenvalue weighted by Gasteiger charge is -2.07. The molecule has 130 valence electrons. The van der Waals surface area contributed by atoms with Crippen LogP contribution in [-0.2, 0) is 12.8 Å². The number of thioether (sulfide) groups is 1. The molecule has 26 heavy (non-hydrogen) atoms. The Kier molecular flexibility index (Phi) is 4.85. The summed E-state index contributed by atoms with van der Waals surface area (Å²) in [4.78, 5) is 4.47. The van der Waals surface area contributed by atoms with Crippen LogP contribution in [0.25, 0.3) is 22.3 Å². The van der Waals surface area contributed by atoms with Crippen molar-refractivity contribution in [2.45, 2.75) is 10.9 Å². The van der Waals surface area contributed by atoms with Crippen molar-refractivity contribution in [3.63, 3.8) is 0 Å². The molecule has 7 heteroatoms. The Morgan fingerprint density at radius 3 is 2.58 bits per heavy atom. The number of nitrogens with zero attached hydrogens (tertiary/aromatic N) is 4. The number of pyridine rings is 1. The first-order valence-corrected chi connectivity index (χ1v) is 9.68. The molecule has 0 saturated heterocycles. The van der Waals surface area contributed by atoms with Gasteiger partial charge in [-0.15, -0.1) is 10.2 Å². The van der Waals surface area contributed by atoms with Crippen molar-refractivity contribution in [1.82, 2.24) is 19.7 Å². The van der Waals surface area contributed by atoms with Crippen molar-refractivity contribution in [1.29, 1.82) is 0 Å². The van der Waals surface area contributed by atoms with E-state index >= 15 is 0 Å². The summed E-state index contributed by atoms with van der Waals surface area (Å²) in [6.07, 6.45) is 0. The summed E-state index contributed by atoms with van der Waals surface area (Å²) in [7, 11) is 1.95. The van der Waals surface area contributed by atoms with Gasteiger partial charge in [0, 0.05) is 34.3 Å². The van der Waals surface area contributed by atoms with Crippen LogP contribution in [0.4, 0.5) is 0 Å². The summed E-state index contributed by atoms with van der Waals surface area (Å²) in [6, 6.07) is 17.6. The van der Waals surface area contributed by atoms with Gasteiger partial charge >= 0.3 is 0 Å². The second kappa shape index (κ2) is 7.27. The molecular formula is C19H14Cl2N4S. The number of fused-ring (bicyclic) bond motifs is 1. The first-order valence-electron chi connectivity index (χ1n) is 7.94. The van der Waals surface area contributed by atoms with Gasteiger partial charge in [-0.1, -0.05) is 53.2 Å². The lowest BCUT2D eigenvalue weighted by atomic mass is 10.2. The minimum absolute atomic E-state index is 0.524. The highest BCUT2D eigenvalue weighted by atomic mass is 35.5. The van der Waals surface area contributed by atoms with E-state index in [-0.39, 0.29) is 0 Å². The summed E-state index contributed by atoms with van der Waals surface area (Å²) in [5, 5.41) is 11.7. The molecule has 2 aromatic heterocycles. The van der Waals surface area contributed by atoms with Gasteiger partial charge in [-0.25, -0.2) is 4.98 Å². The van der Waals surface area contributed by atoms with E-state index in [9.17, 15) is 0 Å². The molecule has 0 N–H and O–H groups in total.